The van der Waals surface area contributed by atoms with Gasteiger partial charge in [-0.15, -0.1) is 0 Å². The molecule has 1 saturated heterocycles. The monoisotopic (exact) mass is 542 g/mol. The summed E-state index contributed by atoms with van der Waals surface area (Å²) >= 11 is 0. The van der Waals surface area contributed by atoms with Gasteiger partial charge in [0.15, 0.2) is 0 Å². The van der Waals surface area contributed by atoms with Crippen LogP contribution in [-0.2, 0) is 11.2 Å². The Balaban J connectivity index is 1.55. The molecule has 4 N–H and O–H groups in total. The Labute approximate surface area is 234 Å². The first kappa shape index (κ1) is 28.7. The molecule has 4 rings (SSSR count). The lowest BCUT2D eigenvalue weighted by atomic mass is 10.0. The molecule has 2 heterocycles. The van der Waals surface area contributed by atoms with Crippen molar-refractivity contribution in [2.24, 2.45) is 5.73 Å². The standard InChI is InChI=1S/C31H35FN6O2/c32-24-9-5-7-22(19-24)15-17-35-30-27(13-14-28(37-30)26-11-3-1-8-23(26)20-34)31(40)36-21-25-10-2-4-12-29(39)38(25)18-6-16-33/h1,3,5,7-9,11,13-14,19,25H,2,4,6,10,12,15-18,21,33H2,(H,35,37)(H,36,40). The van der Waals surface area contributed by atoms with E-state index < -0.39 is 0 Å². The number of likely N-dealkylation sites (tertiary alicyclic amines) is 1. The molecule has 40 heavy (non-hydrogen) atoms. The highest BCUT2D eigenvalue weighted by Gasteiger charge is 2.26. The summed E-state index contributed by atoms with van der Waals surface area (Å²) in [5.41, 5.74) is 8.57. The number of halogens is 1. The highest BCUT2D eigenvalue weighted by atomic mass is 19.1. The summed E-state index contributed by atoms with van der Waals surface area (Å²) in [6, 6.07) is 19.1. The fraction of sp³-hybridized carbons (Fsp3) is 0.355. The van der Waals surface area contributed by atoms with E-state index >= 15 is 0 Å². The van der Waals surface area contributed by atoms with E-state index in [0.717, 1.165) is 24.8 Å². The molecule has 3 aromatic rings. The number of hydrogen-bond acceptors (Lipinski definition) is 6. The van der Waals surface area contributed by atoms with Gasteiger partial charge in [0.1, 0.15) is 11.6 Å². The fourth-order valence-corrected chi connectivity index (χ4v) is 4.99. The predicted octanol–water partition coefficient (Wildman–Crippen LogP) is 4.26. The van der Waals surface area contributed by atoms with E-state index in [-0.39, 0.29) is 23.7 Å². The number of aromatic nitrogens is 1. The quantitative estimate of drug-likeness (QED) is 0.333. The van der Waals surface area contributed by atoms with Gasteiger partial charge in [0.2, 0.25) is 5.91 Å². The third-order valence-electron chi connectivity index (χ3n) is 7.10. The molecule has 0 saturated carbocycles. The Hall–Kier alpha value is -4.29. The maximum atomic E-state index is 13.6. The van der Waals surface area contributed by atoms with Crippen molar-refractivity contribution in [3.63, 3.8) is 0 Å². The van der Waals surface area contributed by atoms with E-state index in [9.17, 15) is 19.2 Å². The second kappa shape index (κ2) is 14.2. The van der Waals surface area contributed by atoms with Crippen LogP contribution in [-0.4, -0.2) is 53.9 Å². The van der Waals surface area contributed by atoms with Gasteiger partial charge in [-0.25, -0.2) is 9.37 Å². The number of pyridine rings is 1. The van der Waals surface area contributed by atoms with Gasteiger partial charge in [-0.2, -0.15) is 5.26 Å². The van der Waals surface area contributed by atoms with Crippen molar-refractivity contribution in [2.75, 3.05) is 31.5 Å². The Morgan fingerprint density at radius 2 is 2.00 bits per heavy atom. The van der Waals surface area contributed by atoms with Crippen LogP contribution in [0.5, 0.6) is 0 Å². The van der Waals surface area contributed by atoms with E-state index in [1.807, 2.05) is 23.1 Å². The first-order valence-corrected chi connectivity index (χ1v) is 13.8. The smallest absolute Gasteiger partial charge is 0.255 e. The van der Waals surface area contributed by atoms with E-state index in [2.05, 4.69) is 16.7 Å². The maximum absolute atomic E-state index is 13.6. The number of carbonyl (C=O) groups is 2. The van der Waals surface area contributed by atoms with E-state index in [1.54, 1.807) is 30.3 Å². The number of nitrogens with one attached hydrogen (secondary N) is 2. The van der Waals surface area contributed by atoms with Gasteiger partial charge >= 0.3 is 0 Å². The Bertz CT molecular complexity index is 1370. The molecule has 0 aliphatic carbocycles. The number of hydrogen-bond donors (Lipinski definition) is 3. The van der Waals surface area contributed by atoms with Crippen LogP contribution in [0, 0.1) is 17.1 Å². The molecule has 8 nitrogen and oxygen atoms in total. The van der Waals surface area contributed by atoms with Crippen LogP contribution in [0.1, 0.15) is 53.6 Å². The lowest BCUT2D eigenvalue weighted by Gasteiger charge is -2.30. The van der Waals surface area contributed by atoms with E-state index in [1.165, 1.54) is 12.1 Å². The van der Waals surface area contributed by atoms with Gasteiger partial charge in [0, 0.05) is 37.7 Å². The zero-order chi connectivity index (χ0) is 28.3. The molecule has 1 aliphatic rings. The molecule has 0 radical (unpaired) electrons. The average Bonchev–Trinajstić information content (AvgIpc) is 3.15. The van der Waals surface area contributed by atoms with Crippen molar-refractivity contribution in [3.8, 4) is 17.3 Å². The van der Waals surface area contributed by atoms with Crippen LogP contribution in [0.15, 0.2) is 60.7 Å². The molecule has 208 valence electrons. The van der Waals surface area contributed by atoms with Crippen molar-refractivity contribution >= 4 is 17.6 Å². The largest absolute Gasteiger partial charge is 0.369 e. The minimum absolute atomic E-state index is 0.0929. The highest BCUT2D eigenvalue weighted by molar-refractivity contribution is 5.99. The van der Waals surface area contributed by atoms with Crippen molar-refractivity contribution < 1.29 is 14.0 Å². The van der Waals surface area contributed by atoms with Crippen LogP contribution in [0.25, 0.3) is 11.3 Å². The van der Waals surface area contributed by atoms with Crippen molar-refractivity contribution in [1.82, 2.24) is 15.2 Å². The summed E-state index contributed by atoms with van der Waals surface area (Å²) in [6.07, 6.45) is 4.34. The van der Waals surface area contributed by atoms with Gasteiger partial charge < -0.3 is 21.3 Å². The van der Waals surface area contributed by atoms with Crippen molar-refractivity contribution in [3.05, 3.63) is 83.2 Å². The molecular weight excluding hydrogens is 507 g/mol. The van der Waals surface area contributed by atoms with Gasteiger partial charge in [-0.3, -0.25) is 9.59 Å². The third kappa shape index (κ3) is 7.42. The SMILES string of the molecule is N#Cc1ccccc1-c1ccc(C(=O)NCC2CCCCC(=O)N2CCCN)c(NCCc2cccc(F)c2)n1. The zero-order valence-corrected chi connectivity index (χ0v) is 22.5. The molecular formula is C31H35FN6O2. The van der Waals surface area contributed by atoms with Crippen molar-refractivity contribution in [1.29, 1.82) is 5.26 Å². The number of amides is 2. The number of carbonyl (C=O) groups excluding carboxylic acids is 2. The molecule has 1 atom stereocenters. The van der Waals surface area contributed by atoms with Crippen LogP contribution in [0.4, 0.5) is 10.2 Å². The number of rotatable bonds is 11. The predicted molar refractivity (Wildman–Crippen MR) is 153 cm³/mol. The first-order chi connectivity index (χ1) is 19.5. The van der Waals surface area contributed by atoms with Crippen LogP contribution in [0.3, 0.4) is 0 Å². The summed E-state index contributed by atoms with van der Waals surface area (Å²) in [5, 5.41) is 15.8. The number of anilines is 1. The number of benzene rings is 2. The van der Waals surface area contributed by atoms with Crippen LogP contribution < -0.4 is 16.4 Å². The topological polar surface area (TPSA) is 124 Å². The summed E-state index contributed by atoms with van der Waals surface area (Å²) in [5.74, 6) is -0.136. The van der Waals surface area contributed by atoms with Gasteiger partial charge in [-0.05, 0) is 68.1 Å². The fourth-order valence-electron chi connectivity index (χ4n) is 4.99. The van der Waals surface area contributed by atoms with Gasteiger partial charge in [0.25, 0.3) is 5.91 Å². The van der Waals surface area contributed by atoms with E-state index in [4.69, 9.17) is 10.7 Å². The molecule has 0 spiro atoms. The first-order valence-electron chi connectivity index (χ1n) is 13.8. The van der Waals surface area contributed by atoms with Gasteiger partial charge in [0.05, 0.1) is 22.9 Å². The Morgan fingerprint density at radius 3 is 2.80 bits per heavy atom. The molecule has 1 aromatic heterocycles. The third-order valence-corrected chi connectivity index (χ3v) is 7.10. The molecule has 2 aromatic carbocycles. The summed E-state index contributed by atoms with van der Waals surface area (Å²) in [4.78, 5) is 32.7. The second-order valence-electron chi connectivity index (χ2n) is 9.90. The average molecular weight is 543 g/mol. The van der Waals surface area contributed by atoms with Crippen LogP contribution in [0.2, 0.25) is 0 Å². The zero-order valence-electron chi connectivity index (χ0n) is 22.5. The Kier molecular flexibility index (Phi) is 10.2. The number of nitriles is 1. The number of nitrogens with zero attached hydrogens (tertiary/aromatic N) is 3. The number of nitrogens with two attached hydrogens (primary N) is 1. The minimum Gasteiger partial charge on any atom is -0.369 e. The van der Waals surface area contributed by atoms with Crippen LogP contribution >= 0.6 is 0 Å². The van der Waals surface area contributed by atoms with Gasteiger partial charge in [-0.1, -0.05) is 36.8 Å². The molecule has 0 bridgehead atoms. The molecule has 9 heteroatoms. The summed E-state index contributed by atoms with van der Waals surface area (Å²) < 4.78 is 13.6. The molecule has 1 aliphatic heterocycles. The summed E-state index contributed by atoms with van der Waals surface area (Å²) in [7, 11) is 0. The minimum atomic E-state index is -0.309. The summed E-state index contributed by atoms with van der Waals surface area (Å²) in [6.45, 7) is 1.83. The van der Waals surface area contributed by atoms with E-state index in [0.29, 0.717) is 73.6 Å². The Morgan fingerprint density at radius 1 is 1.15 bits per heavy atom. The molecule has 1 fully saturated rings. The maximum Gasteiger partial charge on any atom is 0.255 e. The van der Waals surface area contributed by atoms with Crippen molar-refractivity contribution in [2.45, 2.75) is 44.6 Å². The lowest BCUT2D eigenvalue weighted by Crippen LogP contribution is -2.46. The normalized spacial score (nSPS) is 15.3. The second-order valence-corrected chi connectivity index (χ2v) is 9.90. The lowest BCUT2D eigenvalue weighted by molar-refractivity contribution is -0.132. The molecule has 2 amide bonds. The molecule has 1 unspecified atom stereocenters. The highest BCUT2D eigenvalue weighted by Crippen LogP contribution is 2.25.